The van der Waals surface area contributed by atoms with Crippen LogP contribution in [-0.2, 0) is 11.2 Å². The molecule has 1 aliphatic heterocycles. The van der Waals surface area contributed by atoms with Gasteiger partial charge in [0.2, 0.25) is 0 Å². The molecule has 1 fully saturated rings. The van der Waals surface area contributed by atoms with Crippen molar-refractivity contribution in [3.63, 3.8) is 0 Å². The molecule has 2 aromatic carbocycles. The number of aliphatic hydroxyl groups excluding tert-OH is 1. The standard InChI is InChI=1S/C19H21NO3/c21-17-10-11-20(13-17)19(22)14-23-18-9-5-4-8-16(18)12-15-6-2-1-3-7-15/h1-9,17,21H,10-14H2/t17-/m1/s1. The summed E-state index contributed by atoms with van der Waals surface area (Å²) in [5.74, 6) is 0.667. The minimum absolute atomic E-state index is 0.0124. The Bertz CT molecular complexity index is 657. The Labute approximate surface area is 136 Å². The number of carbonyl (C=O) groups excluding carboxylic acids is 1. The molecule has 0 spiro atoms. The molecule has 23 heavy (non-hydrogen) atoms. The monoisotopic (exact) mass is 311 g/mol. The lowest BCUT2D eigenvalue weighted by Crippen LogP contribution is -2.33. The highest BCUT2D eigenvalue weighted by atomic mass is 16.5. The van der Waals surface area contributed by atoms with Crippen LogP contribution < -0.4 is 4.74 Å². The molecule has 1 aliphatic rings. The van der Waals surface area contributed by atoms with Crippen LogP contribution in [0.15, 0.2) is 54.6 Å². The number of aliphatic hydroxyl groups is 1. The van der Waals surface area contributed by atoms with Gasteiger partial charge >= 0.3 is 0 Å². The molecule has 1 heterocycles. The molecule has 4 nitrogen and oxygen atoms in total. The Balaban J connectivity index is 1.63. The van der Waals surface area contributed by atoms with Crippen LogP contribution in [0.4, 0.5) is 0 Å². The molecular weight excluding hydrogens is 290 g/mol. The van der Waals surface area contributed by atoms with Crippen molar-refractivity contribution in [1.82, 2.24) is 4.90 Å². The first-order valence-electron chi connectivity index (χ1n) is 7.93. The largest absolute Gasteiger partial charge is 0.483 e. The smallest absolute Gasteiger partial charge is 0.260 e. The van der Waals surface area contributed by atoms with E-state index >= 15 is 0 Å². The van der Waals surface area contributed by atoms with Gasteiger partial charge in [0.05, 0.1) is 6.10 Å². The topological polar surface area (TPSA) is 49.8 Å². The average Bonchev–Trinajstić information content (AvgIpc) is 3.01. The molecular formula is C19H21NO3. The molecule has 2 aromatic rings. The number of likely N-dealkylation sites (tertiary alicyclic amines) is 1. The van der Waals surface area contributed by atoms with Crippen LogP contribution >= 0.6 is 0 Å². The fraction of sp³-hybridized carbons (Fsp3) is 0.316. The molecule has 1 atom stereocenters. The Morgan fingerprint density at radius 2 is 1.87 bits per heavy atom. The molecule has 0 radical (unpaired) electrons. The van der Waals surface area contributed by atoms with E-state index in [-0.39, 0.29) is 12.5 Å². The normalized spacial score (nSPS) is 17.3. The van der Waals surface area contributed by atoms with Crippen molar-refractivity contribution in [2.24, 2.45) is 0 Å². The van der Waals surface area contributed by atoms with Crippen LogP contribution in [0.1, 0.15) is 17.5 Å². The minimum atomic E-state index is -0.399. The van der Waals surface area contributed by atoms with Crippen LogP contribution in [0, 0.1) is 0 Å². The van der Waals surface area contributed by atoms with Gasteiger partial charge in [-0.15, -0.1) is 0 Å². The van der Waals surface area contributed by atoms with Crippen LogP contribution in [0.3, 0.4) is 0 Å². The summed E-state index contributed by atoms with van der Waals surface area (Å²) < 4.78 is 5.75. The lowest BCUT2D eigenvalue weighted by molar-refractivity contribution is -0.132. The lowest BCUT2D eigenvalue weighted by Gasteiger charge is -2.17. The zero-order valence-electron chi connectivity index (χ0n) is 13.0. The first-order chi connectivity index (χ1) is 11.2. The van der Waals surface area contributed by atoms with Gasteiger partial charge in [-0.3, -0.25) is 4.79 Å². The lowest BCUT2D eigenvalue weighted by atomic mass is 10.0. The second kappa shape index (κ2) is 7.29. The van der Waals surface area contributed by atoms with Gasteiger partial charge in [0.1, 0.15) is 5.75 Å². The van der Waals surface area contributed by atoms with Gasteiger partial charge in [0.15, 0.2) is 6.61 Å². The molecule has 1 amide bonds. The van der Waals surface area contributed by atoms with Crippen molar-refractivity contribution in [3.8, 4) is 5.75 Å². The molecule has 0 saturated carbocycles. The summed E-state index contributed by atoms with van der Waals surface area (Å²) in [6.07, 6.45) is 1.02. The Hall–Kier alpha value is -2.33. The summed E-state index contributed by atoms with van der Waals surface area (Å²) >= 11 is 0. The molecule has 3 rings (SSSR count). The van der Waals surface area contributed by atoms with E-state index in [1.807, 2.05) is 42.5 Å². The van der Waals surface area contributed by atoms with E-state index in [4.69, 9.17) is 4.74 Å². The summed E-state index contributed by atoms with van der Waals surface area (Å²) in [5.41, 5.74) is 2.27. The number of hydrogen-bond donors (Lipinski definition) is 1. The highest BCUT2D eigenvalue weighted by Gasteiger charge is 2.24. The van der Waals surface area contributed by atoms with Crippen LogP contribution in [0.5, 0.6) is 5.75 Å². The zero-order chi connectivity index (χ0) is 16.1. The number of carbonyl (C=O) groups is 1. The number of amides is 1. The first kappa shape index (κ1) is 15.6. The van der Waals surface area contributed by atoms with Crippen molar-refractivity contribution in [2.75, 3.05) is 19.7 Å². The number of ether oxygens (including phenoxy) is 1. The highest BCUT2D eigenvalue weighted by molar-refractivity contribution is 5.78. The summed E-state index contributed by atoms with van der Waals surface area (Å²) in [6, 6.07) is 18.0. The quantitative estimate of drug-likeness (QED) is 0.921. The molecule has 4 heteroatoms. The summed E-state index contributed by atoms with van der Waals surface area (Å²) in [4.78, 5) is 13.8. The summed E-state index contributed by atoms with van der Waals surface area (Å²) in [6.45, 7) is 1.03. The van der Waals surface area contributed by atoms with Crippen molar-refractivity contribution in [3.05, 3.63) is 65.7 Å². The predicted molar refractivity (Wildman–Crippen MR) is 88.4 cm³/mol. The Kier molecular flexibility index (Phi) is 4.93. The first-order valence-corrected chi connectivity index (χ1v) is 7.93. The van der Waals surface area contributed by atoms with E-state index in [2.05, 4.69) is 12.1 Å². The van der Waals surface area contributed by atoms with Gasteiger partial charge in [-0.25, -0.2) is 0 Å². The number of para-hydroxylation sites is 1. The van der Waals surface area contributed by atoms with E-state index in [9.17, 15) is 9.90 Å². The molecule has 1 saturated heterocycles. The van der Waals surface area contributed by atoms with Gasteiger partial charge in [-0.2, -0.15) is 0 Å². The third-order valence-corrected chi connectivity index (χ3v) is 4.08. The maximum atomic E-state index is 12.1. The maximum Gasteiger partial charge on any atom is 0.260 e. The van der Waals surface area contributed by atoms with Gasteiger partial charge in [-0.05, 0) is 23.6 Å². The average molecular weight is 311 g/mol. The van der Waals surface area contributed by atoms with Gasteiger partial charge < -0.3 is 14.7 Å². The fourth-order valence-electron chi connectivity index (χ4n) is 2.81. The van der Waals surface area contributed by atoms with E-state index in [0.29, 0.717) is 19.5 Å². The minimum Gasteiger partial charge on any atom is -0.483 e. The van der Waals surface area contributed by atoms with E-state index in [1.165, 1.54) is 5.56 Å². The highest BCUT2D eigenvalue weighted by Crippen LogP contribution is 2.21. The fourth-order valence-corrected chi connectivity index (χ4v) is 2.81. The van der Waals surface area contributed by atoms with Crippen LogP contribution in [-0.4, -0.2) is 41.7 Å². The Morgan fingerprint density at radius 1 is 1.13 bits per heavy atom. The summed E-state index contributed by atoms with van der Waals surface area (Å²) in [7, 11) is 0. The molecule has 0 aliphatic carbocycles. The van der Waals surface area contributed by atoms with Crippen molar-refractivity contribution in [2.45, 2.75) is 18.9 Å². The van der Waals surface area contributed by atoms with Gasteiger partial charge in [-0.1, -0.05) is 48.5 Å². The number of rotatable bonds is 5. The van der Waals surface area contributed by atoms with E-state index in [0.717, 1.165) is 17.7 Å². The number of β-amino-alcohol motifs (C(OH)–C–C–N with tert-alkyl or cyclic N) is 1. The second-order valence-electron chi connectivity index (χ2n) is 5.84. The molecule has 0 bridgehead atoms. The van der Waals surface area contributed by atoms with Crippen molar-refractivity contribution >= 4 is 5.91 Å². The number of nitrogens with zero attached hydrogens (tertiary/aromatic N) is 1. The predicted octanol–water partition coefficient (Wildman–Crippen LogP) is 2.25. The number of benzene rings is 2. The van der Waals surface area contributed by atoms with E-state index in [1.54, 1.807) is 4.90 Å². The van der Waals surface area contributed by atoms with Crippen LogP contribution in [0.25, 0.3) is 0 Å². The third kappa shape index (κ3) is 4.11. The molecule has 120 valence electrons. The van der Waals surface area contributed by atoms with Gasteiger partial charge in [0, 0.05) is 19.5 Å². The van der Waals surface area contributed by atoms with Crippen molar-refractivity contribution in [1.29, 1.82) is 0 Å². The van der Waals surface area contributed by atoms with Gasteiger partial charge in [0.25, 0.3) is 5.91 Å². The number of hydrogen-bond acceptors (Lipinski definition) is 3. The third-order valence-electron chi connectivity index (χ3n) is 4.08. The zero-order valence-corrected chi connectivity index (χ0v) is 13.0. The second-order valence-corrected chi connectivity index (χ2v) is 5.84. The van der Waals surface area contributed by atoms with Crippen LogP contribution in [0.2, 0.25) is 0 Å². The van der Waals surface area contributed by atoms with E-state index < -0.39 is 6.10 Å². The van der Waals surface area contributed by atoms with Crippen molar-refractivity contribution < 1.29 is 14.6 Å². The summed E-state index contributed by atoms with van der Waals surface area (Å²) in [5, 5.41) is 9.51. The molecule has 0 aromatic heterocycles. The molecule has 1 N–H and O–H groups in total. The molecule has 0 unspecified atom stereocenters. The Morgan fingerprint density at radius 3 is 2.61 bits per heavy atom. The SMILES string of the molecule is O=C(COc1ccccc1Cc1ccccc1)N1CC[C@@H](O)C1. The maximum absolute atomic E-state index is 12.1.